The average molecular weight is 310 g/mol. The van der Waals surface area contributed by atoms with Crippen molar-refractivity contribution in [3.8, 4) is 0 Å². The molecule has 0 heteroatoms. The van der Waals surface area contributed by atoms with Gasteiger partial charge in [0, 0.05) is 0 Å². The van der Waals surface area contributed by atoms with Crippen molar-refractivity contribution in [3.05, 3.63) is 6.92 Å². The summed E-state index contributed by atoms with van der Waals surface area (Å²) in [5, 5.41) is 0. The molecule has 0 aliphatic heterocycles. The maximum Gasteiger partial charge on any atom is -0.0414 e. The van der Waals surface area contributed by atoms with Crippen molar-refractivity contribution in [2.45, 2.75) is 129 Å². The normalized spacial score (nSPS) is 12.7. The van der Waals surface area contributed by atoms with Gasteiger partial charge < -0.3 is 0 Å². The summed E-state index contributed by atoms with van der Waals surface area (Å²) in [7, 11) is 0. The zero-order valence-electron chi connectivity index (χ0n) is 16.0. The number of hydrogen-bond donors (Lipinski definition) is 0. The van der Waals surface area contributed by atoms with Crippen LogP contribution in [-0.2, 0) is 0 Å². The molecule has 0 aliphatic rings. The third-order valence-electron chi connectivity index (χ3n) is 5.04. The van der Waals surface area contributed by atoms with Crippen LogP contribution in [0.25, 0.3) is 0 Å². The first-order valence-electron chi connectivity index (χ1n) is 10.6. The molecule has 1 unspecified atom stereocenters. The van der Waals surface area contributed by atoms with Gasteiger partial charge in [-0.15, -0.1) is 0 Å². The molecule has 0 amide bonds. The fourth-order valence-corrected chi connectivity index (χ4v) is 3.47. The maximum absolute atomic E-state index is 3.97. The molecule has 1 radical (unpaired) electrons. The number of hydrogen-bond acceptors (Lipinski definition) is 0. The Bertz CT molecular complexity index is 184. The molecule has 0 bridgehead atoms. The monoisotopic (exact) mass is 309 g/mol. The van der Waals surface area contributed by atoms with Gasteiger partial charge in [0.25, 0.3) is 0 Å². The van der Waals surface area contributed by atoms with Crippen LogP contribution in [-0.4, -0.2) is 0 Å². The molecule has 1 atom stereocenters. The van der Waals surface area contributed by atoms with Crippen molar-refractivity contribution < 1.29 is 0 Å². The van der Waals surface area contributed by atoms with Crippen molar-refractivity contribution in [3.63, 3.8) is 0 Å². The van der Waals surface area contributed by atoms with Gasteiger partial charge >= 0.3 is 0 Å². The van der Waals surface area contributed by atoms with E-state index in [1.807, 2.05) is 0 Å². The van der Waals surface area contributed by atoms with E-state index in [0.29, 0.717) is 0 Å². The first-order valence-corrected chi connectivity index (χ1v) is 10.6. The van der Waals surface area contributed by atoms with Gasteiger partial charge in [0.1, 0.15) is 0 Å². The van der Waals surface area contributed by atoms with Gasteiger partial charge in [-0.25, -0.2) is 0 Å². The van der Waals surface area contributed by atoms with Crippen LogP contribution >= 0.6 is 0 Å². The molecular formula is C22H45. The first kappa shape index (κ1) is 22.0. The molecule has 0 aromatic carbocycles. The molecule has 0 aromatic rings. The van der Waals surface area contributed by atoms with E-state index in [2.05, 4.69) is 20.8 Å². The van der Waals surface area contributed by atoms with Crippen LogP contribution in [0.3, 0.4) is 0 Å². The standard InChI is InChI=1S/C22H45/c1-4-7-10-13-15-18-21-22(19-16-12-9-6-3)20-17-14-11-8-5-2/h22H,3-21H2,1-2H3. The van der Waals surface area contributed by atoms with E-state index in [9.17, 15) is 0 Å². The van der Waals surface area contributed by atoms with Crippen molar-refractivity contribution >= 4 is 0 Å². The van der Waals surface area contributed by atoms with Crippen LogP contribution in [0.4, 0.5) is 0 Å². The Morgan fingerprint density at radius 2 is 0.864 bits per heavy atom. The topological polar surface area (TPSA) is 0 Å². The minimum Gasteiger partial charge on any atom is -0.0654 e. The van der Waals surface area contributed by atoms with Crippen LogP contribution < -0.4 is 0 Å². The lowest BCUT2D eigenvalue weighted by Crippen LogP contribution is -2.01. The van der Waals surface area contributed by atoms with Crippen LogP contribution in [0.15, 0.2) is 0 Å². The minimum atomic E-state index is 1.03. The Kier molecular flexibility index (Phi) is 19.0. The fraction of sp³-hybridized carbons (Fsp3) is 0.955. The zero-order valence-corrected chi connectivity index (χ0v) is 16.0. The van der Waals surface area contributed by atoms with Crippen molar-refractivity contribution in [2.75, 3.05) is 0 Å². The van der Waals surface area contributed by atoms with E-state index >= 15 is 0 Å². The van der Waals surface area contributed by atoms with Crippen molar-refractivity contribution in [2.24, 2.45) is 5.92 Å². The number of unbranched alkanes of at least 4 members (excludes halogenated alkanes) is 12. The van der Waals surface area contributed by atoms with Gasteiger partial charge in [-0.05, 0) is 5.92 Å². The van der Waals surface area contributed by atoms with Gasteiger partial charge in [0.15, 0.2) is 0 Å². The van der Waals surface area contributed by atoms with E-state index in [-0.39, 0.29) is 0 Å². The van der Waals surface area contributed by atoms with Gasteiger partial charge in [-0.1, -0.05) is 136 Å². The molecule has 133 valence electrons. The van der Waals surface area contributed by atoms with Gasteiger partial charge in [0.2, 0.25) is 0 Å². The van der Waals surface area contributed by atoms with Crippen LogP contribution in [0.5, 0.6) is 0 Å². The summed E-state index contributed by atoms with van der Waals surface area (Å²) in [5.41, 5.74) is 0. The summed E-state index contributed by atoms with van der Waals surface area (Å²) in [6.07, 6.45) is 25.7. The summed E-state index contributed by atoms with van der Waals surface area (Å²) in [6, 6.07) is 0. The lowest BCUT2D eigenvalue weighted by molar-refractivity contribution is 0.367. The van der Waals surface area contributed by atoms with E-state index in [4.69, 9.17) is 0 Å². The van der Waals surface area contributed by atoms with Crippen LogP contribution in [0.2, 0.25) is 0 Å². The second-order valence-corrected chi connectivity index (χ2v) is 7.33. The molecule has 0 fully saturated rings. The van der Waals surface area contributed by atoms with Gasteiger partial charge in [-0.3, -0.25) is 0 Å². The molecule has 0 spiro atoms. The van der Waals surface area contributed by atoms with E-state index in [0.717, 1.165) is 12.3 Å². The molecule has 0 nitrogen and oxygen atoms in total. The molecule has 0 N–H and O–H groups in total. The highest BCUT2D eigenvalue weighted by Gasteiger charge is 2.08. The minimum absolute atomic E-state index is 1.03. The molecule has 0 saturated carbocycles. The Balaban J connectivity index is 3.69. The largest absolute Gasteiger partial charge is 0.0654 e. The summed E-state index contributed by atoms with van der Waals surface area (Å²) in [6.45, 7) is 8.58. The Morgan fingerprint density at radius 1 is 0.500 bits per heavy atom. The molecule has 22 heavy (non-hydrogen) atoms. The Morgan fingerprint density at radius 3 is 1.27 bits per heavy atom. The predicted octanol–water partition coefficient (Wildman–Crippen LogP) is 8.50. The van der Waals surface area contributed by atoms with Crippen LogP contribution in [0.1, 0.15) is 129 Å². The van der Waals surface area contributed by atoms with Crippen molar-refractivity contribution in [1.82, 2.24) is 0 Å². The molecule has 0 rings (SSSR count). The lowest BCUT2D eigenvalue weighted by atomic mass is 9.89. The first-order chi connectivity index (χ1) is 10.8. The van der Waals surface area contributed by atoms with Gasteiger partial charge in [0.05, 0.1) is 0 Å². The Labute approximate surface area is 142 Å². The van der Waals surface area contributed by atoms with Crippen molar-refractivity contribution in [1.29, 1.82) is 0 Å². The summed E-state index contributed by atoms with van der Waals surface area (Å²) in [5.74, 6) is 1.03. The third kappa shape index (κ3) is 16.4. The van der Waals surface area contributed by atoms with E-state index in [1.165, 1.54) is 109 Å². The molecular weight excluding hydrogens is 264 g/mol. The third-order valence-corrected chi connectivity index (χ3v) is 5.04. The highest BCUT2D eigenvalue weighted by atomic mass is 14.1. The molecule has 0 saturated heterocycles. The zero-order chi connectivity index (χ0) is 16.3. The average Bonchev–Trinajstić information content (AvgIpc) is 2.53. The molecule has 0 aromatic heterocycles. The maximum atomic E-state index is 3.97. The van der Waals surface area contributed by atoms with E-state index < -0.39 is 0 Å². The van der Waals surface area contributed by atoms with Crippen LogP contribution in [0, 0.1) is 12.8 Å². The number of rotatable bonds is 18. The second kappa shape index (κ2) is 19.0. The quantitative estimate of drug-likeness (QED) is 0.223. The van der Waals surface area contributed by atoms with Gasteiger partial charge in [-0.2, -0.15) is 0 Å². The highest BCUT2D eigenvalue weighted by molar-refractivity contribution is 4.62. The SMILES string of the molecule is [CH2]CCCCCC(CCCCCCC)CCCCCCCC. The summed E-state index contributed by atoms with van der Waals surface area (Å²) < 4.78 is 0. The Hall–Kier alpha value is 0. The molecule has 0 heterocycles. The fourth-order valence-electron chi connectivity index (χ4n) is 3.47. The second-order valence-electron chi connectivity index (χ2n) is 7.33. The predicted molar refractivity (Wildman–Crippen MR) is 103 cm³/mol. The highest BCUT2D eigenvalue weighted by Crippen LogP contribution is 2.24. The summed E-state index contributed by atoms with van der Waals surface area (Å²) in [4.78, 5) is 0. The summed E-state index contributed by atoms with van der Waals surface area (Å²) >= 11 is 0. The van der Waals surface area contributed by atoms with E-state index in [1.54, 1.807) is 0 Å². The lowest BCUT2D eigenvalue weighted by Gasteiger charge is -2.17. The molecule has 0 aliphatic carbocycles. The smallest absolute Gasteiger partial charge is 0.0414 e.